The first-order valence-electron chi connectivity index (χ1n) is 9.51. The average molecular weight is 387 g/mol. The SMILES string of the molecule is CNC(=O)C(Nc1nc(NC(C(=O)NC)C(C)C)c2ccccc2n1)C(C)C. The van der Waals surface area contributed by atoms with Crippen LogP contribution in [0.25, 0.3) is 10.9 Å². The van der Waals surface area contributed by atoms with Crippen LogP contribution in [0.3, 0.4) is 0 Å². The van der Waals surface area contributed by atoms with Crippen molar-refractivity contribution in [2.75, 3.05) is 24.7 Å². The number of hydrogen-bond donors (Lipinski definition) is 4. The molecule has 0 radical (unpaired) electrons. The summed E-state index contributed by atoms with van der Waals surface area (Å²) in [7, 11) is 3.21. The highest BCUT2D eigenvalue weighted by Gasteiger charge is 2.25. The topological polar surface area (TPSA) is 108 Å². The molecule has 0 aliphatic rings. The van der Waals surface area contributed by atoms with Crippen LogP contribution >= 0.6 is 0 Å². The number of likely N-dealkylation sites (N-methyl/N-ethyl adjacent to an activating group) is 2. The van der Waals surface area contributed by atoms with Gasteiger partial charge in [0.15, 0.2) is 0 Å². The lowest BCUT2D eigenvalue weighted by molar-refractivity contribution is -0.122. The number of aromatic nitrogens is 2. The van der Waals surface area contributed by atoms with E-state index < -0.39 is 12.1 Å². The zero-order valence-electron chi connectivity index (χ0n) is 17.3. The smallest absolute Gasteiger partial charge is 0.242 e. The van der Waals surface area contributed by atoms with Crippen LogP contribution in [0, 0.1) is 11.8 Å². The third-order valence-corrected chi connectivity index (χ3v) is 4.57. The predicted octanol–water partition coefficient (Wildman–Crippen LogP) is 1.99. The summed E-state index contributed by atoms with van der Waals surface area (Å²) in [5.41, 5.74) is 0.723. The molecule has 8 nitrogen and oxygen atoms in total. The molecule has 2 rings (SSSR count). The number of hydrogen-bond acceptors (Lipinski definition) is 6. The molecule has 1 aromatic heterocycles. The van der Waals surface area contributed by atoms with E-state index >= 15 is 0 Å². The number of nitrogens with zero attached hydrogens (tertiary/aromatic N) is 2. The maximum atomic E-state index is 12.3. The highest BCUT2D eigenvalue weighted by atomic mass is 16.2. The van der Waals surface area contributed by atoms with Crippen LogP contribution in [0.5, 0.6) is 0 Å². The Morgan fingerprint density at radius 2 is 1.36 bits per heavy atom. The standard InChI is InChI=1S/C20H30N6O2/c1-11(2)15(18(27)21-5)24-17-13-9-7-8-10-14(13)23-20(26-17)25-16(12(3)4)19(28)22-6/h7-12,15-16H,1-6H3,(H,21,27)(H,22,28)(H2,23,24,25,26). The fourth-order valence-electron chi connectivity index (χ4n) is 2.92. The summed E-state index contributed by atoms with van der Waals surface area (Å²) >= 11 is 0. The summed E-state index contributed by atoms with van der Waals surface area (Å²) in [6.07, 6.45) is 0. The zero-order chi connectivity index (χ0) is 20.8. The first-order valence-corrected chi connectivity index (χ1v) is 9.51. The largest absolute Gasteiger partial charge is 0.358 e. The summed E-state index contributed by atoms with van der Waals surface area (Å²) in [6.45, 7) is 7.84. The maximum Gasteiger partial charge on any atom is 0.242 e. The Morgan fingerprint density at radius 1 is 0.821 bits per heavy atom. The summed E-state index contributed by atoms with van der Waals surface area (Å²) in [5, 5.41) is 12.5. The number of anilines is 2. The van der Waals surface area contributed by atoms with Crippen molar-refractivity contribution in [1.82, 2.24) is 20.6 Å². The van der Waals surface area contributed by atoms with Crippen LogP contribution in [0.4, 0.5) is 11.8 Å². The molecular weight excluding hydrogens is 356 g/mol. The number of carbonyl (C=O) groups excluding carboxylic acids is 2. The number of nitrogens with one attached hydrogen (secondary N) is 4. The van der Waals surface area contributed by atoms with Crippen LogP contribution in [0.15, 0.2) is 24.3 Å². The van der Waals surface area contributed by atoms with Gasteiger partial charge < -0.3 is 21.3 Å². The molecule has 0 fully saturated rings. The van der Waals surface area contributed by atoms with Gasteiger partial charge in [0.1, 0.15) is 17.9 Å². The van der Waals surface area contributed by atoms with Gasteiger partial charge in [0.2, 0.25) is 17.8 Å². The average Bonchev–Trinajstić information content (AvgIpc) is 2.68. The molecule has 1 aromatic carbocycles. The lowest BCUT2D eigenvalue weighted by Gasteiger charge is -2.24. The fraction of sp³-hybridized carbons (Fsp3) is 0.500. The van der Waals surface area contributed by atoms with E-state index in [1.165, 1.54) is 0 Å². The molecule has 2 unspecified atom stereocenters. The molecule has 4 N–H and O–H groups in total. The fourth-order valence-corrected chi connectivity index (χ4v) is 2.92. The van der Waals surface area contributed by atoms with Gasteiger partial charge >= 0.3 is 0 Å². The number of fused-ring (bicyclic) bond motifs is 1. The van der Waals surface area contributed by atoms with Crippen LogP contribution in [0.1, 0.15) is 27.7 Å². The quantitative estimate of drug-likeness (QED) is 0.553. The molecule has 0 spiro atoms. The zero-order valence-corrected chi connectivity index (χ0v) is 17.3. The van der Waals surface area contributed by atoms with E-state index in [1.54, 1.807) is 14.1 Å². The second-order valence-electron chi connectivity index (χ2n) is 7.37. The van der Waals surface area contributed by atoms with Crippen LogP contribution in [0.2, 0.25) is 0 Å². The molecule has 0 saturated carbocycles. The molecule has 2 aromatic rings. The molecule has 0 bridgehead atoms. The summed E-state index contributed by atoms with van der Waals surface area (Å²) in [4.78, 5) is 33.6. The van der Waals surface area contributed by atoms with Crippen LogP contribution in [-0.2, 0) is 9.59 Å². The molecule has 1 heterocycles. The molecule has 0 aliphatic heterocycles. The van der Waals surface area contributed by atoms with Crippen LogP contribution in [-0.4, -0.2) is 48.0 Å². The Balaban J connectivity index is 2.47. The van der Waals surface area contributed by atoms with Crippen molar-refractivity contribution < 1.29 is 9.59 Å². The van der Waals surface area contributed by atoms with E-state index in [-0.39, 0.29) is 23.7 Å². The van der Waals surface area contributed by atoms with Gasteiger partial charge in [0.25, 0.3) is 0 Å². The molecule has 152 valence electrons. The van der Waals surface area contributed by atoms with Crippen molar-refractivity contribution in [3.05, 3.63) is 24.3 Å². The lowest BCUT2D eigenvalue weighted by Crippen LogP contribution is -2.42. The van der Waals surface area contributed by atoms with Crippen molar-refractivity contribution in [1.29, 1.82) is 0 Å². The van der Waals surface area contributed by atoms with Gasteiger partial charge in [-0.25, -0.2) is 4.98 Å². The van der Waals surface area contributed by atoms with Crippen LogP contribution < -0.4 is 21.3 Å². The van der Waals surface area contributed by atoms with Crippen molar-refractivity contribution in [3.8, 4) is 0 Å². The highest BCUT2D eigenvalue weighted by Crippen LogP contribution is 2.24. The Labute approximate surface area is 165 Å². The van der Waals surface area contributed by atoms with Gasteiger partial charge in [-0.3, -0.25) is 9.59 Å². The second kappa shape index (κ2) is 9.34. The Kier molecular flexibility index (Phi) is 7.14. The van der Waals surface area contributed by atoms with Crippen molar-refractivity contribution in [2.45, 2.75) is 39.8 Å². The van der Waals surface area contributed by atoms with Crippen molar-refractivity contribution >= 4 is 34.5 Å². The first kappa shape index (κ1) is 21.4. The Morgan fingerprint density at radius 3 is 1.89 bits per heavy atom. The first-order chi connectivity index (χ1) is 13.3. The van der Waals surface area contributed by atoms with Gasteiger partial charge in [-0.2, -0.15) is 4.98 Å². The normalized spacial score (nSPS) is 13.3. The number of para-hydroxylation sites is 1. The predicted molar refractivity (Wildman–Crippen MR) is 112 cm³/mol. The van der Waals surface area contributed by atoms with Crippen molar-refractivity contribution in [2.24, 2.45) is 11.8 Å². The molecule has 28 heavy (non-hydrogen) atoms. The van der Waals surface area contributed by atoms with Gasteiger partial charge in [0, 0.05) is 19.5 Å². The number of rotatable bonds is 8. The van der Waals surface area contributed by atoms with E-state index in [2.05, 4.69) is 31.2 Å². The molecular formula is C20H30N6O2. The molecule has 2 atom stereocenters. The maximum absolute atomic E-state index is 12.3. The van der Waals surface area contributed by atoms with Gasteiger partial charge in [-0.15, -0.1) is 0 Å². The molecule has 8 heteroatoms. The van der Waals surface area contributed by atoms with E-state index in [0.29, 0.717) is 11.8 Å². The van der Waals surface area contributed by atoms with E-state index in [1.807, 2.05) is 52.0 Å². The number of benzene rings is 1. The minimum Gasteiger partial charge on any atom is -0.358 e. The molecule has 0 saturated heterocycles. The minimum absolute atomic E-state index is 0.0423. The van der Waals surface area contributed by atoms with Gasteiger partial charge in [-0.1, -0.05) is 39.8 Å². The third-order valence-electron chi connectivity index (χ3n) is 4.57. The number of carbonyl (C=O) groups is 2. The lowest BCUT2D eigenvalue weighted by atomic mass is 10.0. The summed E-state index contributed by atoms with van der Waals surface area (Å²) in [6, 6.07) is 6.65. The van der Waals surface area contributed by atoms with Gasteiger partial charge in [0.05, 0.1) is 5.52 Å². The van der Waals surface area contributed by atoms with Crippen molar-refractivity contribution in [3.63, 3.8) is 0 Å². The number of amides is 2. The monoisotopic (exact) mass is 386 g/mol. The highest BCUT2D eigenvalue weighted by molar-refractivity contribution is 5.93. The van der Waals surface area contributed by atoms with E-state index in [4.69, 9.17) is 0 Å². The Bertz CT molecular complexity index is 837. The Hall–Kier alpha value is -2.90. The second-order valence-corrected chi connectivity index (χ2v) is 7.37. The molecule has 0 aliphatic carbocycles. The summed E-state index contributed by atoms with van der Waals surface area (Å²) < 4.78 is 0. The summed E-state index contributed by atoms with van der Waals surface area (Å²) in [5.74, 6) is 0.738. The van der Waals surface area contributed by atoms with E-state index in [0.717, 1.165) is 10.9 Å². The third kappa shape index (κ3) is 4.88. The van der Waals surface area contributed by atoms with E-state index in [9.17, 15) is 9.59 Å². The minimum atomic E-state index is -0.473. The van der Waals surface area contributed by atoms with Gasteiger partial charge in [-0.05, 0) is 24.0 Å². The molecule has 2 amide bonds.